The van der Waals surface area contributed by atoms with Gasteiger partial charge in [0, 0.05) is 36.8 Å². The number of benzene rings is 2. The molecule has 3 nitrogen and oxygen atoms in total. The molecule has 34 heavy (non-hydrogen) atoms. The summed E-state index contributed by atoms with van der Waals surface area (Å²) in [6.45, 7) is 4.72. The maximum atomic E-state index is 13.0. The Morgan fingerprint density at radius 3 is 2.35 bits per heavy atom. The van der Waals surface area contributed by atoms with E-state index < -0.39 is 12.6 Å². The fourth-order valence-electron chi connectivity index (χ4n) is 4.70. The summed E-state index contributed by atoms with van der Waals surface area (Å²) in [4.78, 5) is 11.5. The fourth-order valence-corrected chi connectivity index (χ4v) is 4.70. The Labute approximate surface area is 200 Å². The van der Waals surface area contributed by atoms with Crippen molar-refractivity contribution in [1.29, 1.82) is 0 Å². The van der Waals surface area contributed by atoms with Crippen molar-refractivity contribution in [2.45, 2.75) is 64.6 Å². The van der Waals surface area contributed by atoms with Gasteiger partial charge in [0.25, 0.3) is 0 Å². The summed E-state index contributed by atoms with van der Waals surface area (Å²) in [5.41, 5.74) is 6.17. The average molecular weight is 468 g/mol. The van der Waals surface area contributed by atoms with Crippen molar-refractivity contribution < 1.29 is 13.2 Å². The van der Waals surface area contributed by atoms with E-state index >= 15 is 0 Å². The summed E-state index contributed by atoms with van der Waals surface area (Å²) in [5, 5.41) is 0. The third-order valence-corrected chi connectivity index (χ3v) is 6.64. The molecule has 6 heteroatoms. The van der Waals surface area contributed by atoms with Crippen LogP contribution in [0.4, 0.5) is 13.2 Å². The van der Waals surface area contributed by atoms with Gasteiger partial charge in [0.15, 0.2) is 0 Å². The van der Waals surface area contributed by atoms with Crippen molar-refractivity contribution >= 4 is 0 Å². The number of alkyl halides is 3. The van der Waals surface area contributed by atoms with Crippen molar-refractivity contribution in [2.24, 2.45) is 0 Å². The maximum absolute atomic E-state index is 13.0. The summed E-state index contributed by atoms with van der Waals surface area (Å²) in [6, 6.07) is 16.6. The number of rotatable bonds is 8. The van der Waals surface area contributed by atoms with Crippen LogP contribution in [-0.4, -0.2) is 34.1 Å². The summed E-state index contributed by atoms with van der Waals surface area (Å²) in [7, 11) is 0. The number of aromatic nitrogens is 2. The molecule has 1 fully saturated rings. The molecule has 0 aliphatic carbocycles. The second-order valence-corrected chi connectivity index (χ2v) is 9.17. The first-order valence-electron chi connectivity index (χ1n) is 12.2. The Bertz CT molecular complexity index is 1070. The van der Waals surface area contributed by atoms with Crippen LogP contribution in [0.5, 0.6) is 0 Å². The summed E-state index contributed by atoms with van der Waals surface area (Å²) in [5.74, 6) is 0.615. The monoisotopic (exact) mass is 467 g/mol. The van der Waals surface area contributed by atoms with Gasteiger partial charge in [-0.3, -0.25) is 4.90 Å². The van der Waals surface area contributed by atoms with E-state index in [0.29, 0.717) is 24.5 Å². The van der Waals surface area contributed by atoms with Gasteiger partial charge in [-0.25, -0.2) is 9.97 Å². The van der Waals surface area contributed by atoms with Crippen LogP contribution in [0.25, 0.3) is 11.1 Å². The first kappa shape index (κ1) is 24.4. The predicted molar refractivity (Wildman–Crippen MR) is 130 cm³/mol. The standard InChI is InChI=1S/C28H32F3N3/c1-21-22(11-8-12-25(21)23-9-4-2-5-10-23)13-14-27-32-19-24(20-34-17-6-3-7-18-34)26(33-27)15-16-28(29,30)31/h2,4-5,8-12,19H,3,6-7,13-18,20H2,1H3. The molecular weight excluding hydrogens is 435 g/mol. The molecule has 1 aliphatic rings. The minimum atomic E-state index is -4.19. The predicted octanol–water partition coefficient (Wildman–Crippen LogP) is 6.72. The van der Waals surface area contributed by atoms with E-state index in [1.807, 2.05) is 18.2 Å². The Morgan fingerprint density at radius 2 is 1.62 bits per heavy atom. The molecule has 0 atom stereocenters. The number of nitrogens with zero attached hydrogens (tertiary/aromatic N) is 3. The third-order valence-electron chi connectivity index (χ3n) is 6.64. The minimum Gasteiger partial charge on any atom is -0.299 e. The average Bonchev–Trinajstić information content (AvgIpc) is 2.84. The SMILES string of the molecule is Cc1c(CCc2ncc(CN3CCCCC3)c(CCC(F)(F)F)n2)cccc1-c1ccccc1. The molecule has 0 spiro atoms. The zero-order valence-corrected chi connectivity index (χ0v) is 19.7. The summed E-state index contributed by atoms with van der Waals surface area (Å²) < 4.78 is 38.9. The van der Waals surface area contributed by atoms with Crippen LogP contribution in [0.2, 0.25) is 0 Å². The van der Waals surface area contributed by atoms with Gasteiger partial charge in [0.2, 0.25) is 0 Å². The summed E-state index contributed by atoms with van der Waals surface area (Å²) in [6.07, 6.45) is 1.46. The molecule has 1 aromatic heterocycles. The third kappa shape index (κ3) is 6.66. The lowest BCUT2D eigenvalue weighted by molar-refractivity contribution is -0.134. The minimum absolute atomic E-state index is 0.0925. The molecule has 1 saturated heterocycles. The van der Waals surface area contributed by atoms with Crippen LogP contribution >= 0.6 is 0 Å². The highest BCUT2D eigenvalue weighted by Gasteiger charge is 2.28. The molecule has 0 bridgehead atoms. The second kappa shape index (κ2) is 11.1. The zero-order valence-electron chi connectivity index (χ0n) is 19.7. The van der Waals surface area contributed by atoms with Crippen molar-refractivity contribution in [1.82, 2.24) is 14.9 Å². The molecule has 0 unspecified atom stereocenters. The normalized spacial score (nSPS) is 14.9. The van der Waals surface area contributed by atoms with Crippen molar-refractivity contribution in [3.63, 3.8) is 0 Å². The van der Waals surface area contributed by atoms with Crippen LogP contribution in [0, 0.1) is 6.92 Å². The number of hydrogen-bond donors (Lipinski definition) is 0. The maximum Gasteiger partial charge on any atom is 0.389 e. The second-order valence-electron chi connectivity index (χ2n) is 9.17. The van der Waals surface area contributed by atoms with Gasteiger partial charge in [0.1, 0.15) is 5.82 Å². The molecule has 0 amide bonds. The Hall–Kier alpha value is -2.73. The molecular formula is C28H32F3N3. The van der Waals surface area contributed by atoms with E-state index in [1.54, 1.807) is 6.20 Å². The first-order chi connectivity index (χ1) is 16.4. The molecule has 2 heterocycles. The number of aryl methyl sites for hydroxylation is 3. The van der Waals surface area contributed by atoms with E-state index in [1.165, 1.54) is 28.7 Å². The van der Waals surface area contributed by atoms with Crippen LogP contribution in [0.1, 0.15) is 53.9 Å². The van der Waals surface area contributed by atoms with Gasteiger partial charge in [-0.1, -0.05) is 55.0 Å². The lowest BCUT2D eigenvalue weighted by Crippen LogP contribution is -2.30. The van der Waals surface area contributed by atoms with E-state index in [9.17, 15) is 13.2 Å². The van der Waals surface area contributed by atoms with Crippen molar-refractivity contribution in [2.75, 3.05) is 13.1 Å². The van der Waals surface area contributed by atoms with Crippen LogP contribution < -0.4 is 0 Å². The Morgan fingerprint density at radius 1 is 0.853 bits per heavy atom. The van der Waals surface area contributed by atoms with E-state index in [2.05, 4.69) is 52.1 Å². The highest BCUT2D eigenvalue weighted by Crippen LogP contribution is 2.27. The van der Waals surface area contributed by atoms with Crippen molar-refractivity contribution in [3.05, 3.63) is 82.9 Å². The molecule has 180 valence electrons. The molecule has 2 aromatic carbocycles. The Balaban J connectivity index is 1.50. The van der Waals surface area contributed by atoms with Crippen molar-refractivity contribution in [3.8, 4) is 11.1 Å². The Kier molecular flexibility index (Phi) is 7.99. The van der Waals surface area contributed by atoms with E-state index in [4.69, 9.17) is 0 Å². The van der Waals surface area contributed by atoms with Gasteiger partial charge in [-0.2, -0.15) is 13.2 Å². The first-order valence-corrected chi connectivity index (χ1v) is 12.2. The van der Waals surface area contributed by atoms with Gasteiger partial charge >= 0.3 is 6.18 Å². The van der Waals surface area contributed by atoms with E-state index in [0.717, 1.165) is 37.9 Å². The van der Waals surface area contributed by atoms with Crippen LogP contribution in [-0.2, 0) is 25.8 Å². The van der Waals surface area contributed by atoms with Gasteiger partial charge in [-0.05, 0) is 68.0 Å². The molecule has 0 saturated carbocycles. The quantitative estimate of drug-likeness (QED) is 0.368. The zero-order chi connectivity index (χ0) is 24.0. The topological polar surface area (TPSA) is 29.0 Å². The molecule has 1 aliphatic heterocycles. The van der Waals surface area contributed by atoms with Gasteiger partial charge in [-0.15, -0.1) is 0 Å². The molecule has 4 rings (SSSR count). The number of likely N-dealkylation sites (tertiary alicyclic amines) is 1. The smallest absolute Gasteiger partial charge is 0.299 e. The highest BCUT2D eigenvalue weighted by atomic mass is 19.4. The molecule has 3 aromatic rings. The molecule has 0 radical (unpaired) electrons. The lowest BCUT2D eigenvalue weighted by Gasteiger charge is -2.27. The fraction of sp³-hybridized carbons (Fsp3) is 0.429. The number of halogens is 3. The molecule has 0 N–H and O–H groups in total. The highest BCUT2D eigenvalue weighted by molar-refractivity contribution is 5.68. The largest absolute Gasteiger partial charge is 0.389 e. The number of hydrogen-bond acceptors (Lipinski definition) is 3. The van der Waals surface area contributed by atoms with Gasteiger partial charge < -0.3 is 0 Å². The summed E-state index contributed by atoms with van der Waals surface area (Å²) >= 11 is 0. The number of piperidine rings is 1. The van der Waals surface area contributed by atoms with Crippen LogP contribution in [0.15, 0.2) is 54.7 Å². The van der Waals surface area contributed by atoms with Gasteiger partial charge in [0.05, 0.1) is 0 Å². The lowest BCUT2D eigenvalue weighted by atomic mass is 9.94. The van der Waals surface area contributed by atoms with Crippen LogP contribution in [0.3, 0.4) is 0 Å². The van der Waals surface area contributed by atoms with E-state index in [-0.39, 0.29) is 6.42 Å².